The van der Waals surface area contributed by atoms with Crippen LogP contribution in [0.5, 0.6) is 5.75 Å². The van der Waals surface area contributed by atoms with Crippen molar-refractivity contribution in [2.75, 3.05) is 32.1 Å². The fourth-order valence-corrected chi connectivity index (χ4v) is 2.92. The minimum Gasteiger partial charge on any atom is -0.497 e. The summed E-state index contributed by atoms with van der Waals surface area (Å²) >= 11 is 0. The monoisotopic (exact) mass is 271 g/mol. The van der Waals surface area contributed by atoms with Gasteiger partial charge >= 0.3 is 0 Å². The Bertz CT molecular complexity index is 599. The molecule has 106 valence electrons. The number of pyridine rings is 1. The first-order valence-electron chi connectivity index (χ1n) is 7.17. The SMILES string of the molecule is CNC1CCCN(c2nccc3cc(OC)ccc23)C1. The van der Waals surface area contributed by atoms with Gasteiger partial charge in [-0.3, -0.25) is 0 Å². The first-order valence-corrected chi connectivity index (χ1v) is 7.17. The third-order valence-electron chi connectivity index (χ3n) is 4.08. The van der Waals surface area contributed by atoms with Gasteiger partial charge in [-0.15, -0.1) is 0 Å². The number of hydrogen-bond donors (Lipinski definition) is 1. The molecule has 1 atom stereocenters. The summed E-state index contributed by atoms with van der Waals surface area (Å²) < 4.78 is 5.30. The second-order valence-electron chi connectivity index (χ2n) is 5.30. The molecule has 1 aromatic carbocycles. The molecule has 2 aromatic rings. The molecule has 1 aliphatic rings. The maximum Gasteiger partial charge on any atom is 0.136 e. The highest BCUT2D eigenvalue weighted by Crippen LogP contribution is 2.29. The van der Waals surface area contributed by atoms with Crippen LogP contribution in [0, 0.1) is 0 Å². The van der Waals surface area contributed by atoms with Crippen molar-refractivity contribution in [2.45, 2.75) is 18.9 Å². The second kappa shape index (κ2) is 5.67. The van der Waals surface area contributed by atoms with Crippen LogP contribution in [0.3, 0.4) is 0 Å². The van der Waals surface area contributed by atoms with E-state index in [2.05, 4.69) is 27.3 Å². The van der Waals surface area contributed by atoms with Gasteiger partial charge in [0.2, 0.25) is 0 Å². The van der Waals surface area contributed by atoms with E-state index in [0.29, 0.717) is 6.04 Å². The number of rotatable bonds is 3. The summed E-state index contributed by atoms with van der Waals surface area (Å²) in [5.74, 6) is 1.98. The molecule has 0 amide bonds. The Balaban J connectivity index is 1.98. The van der Waals surface area contributed by atoms with Crippen molar-refractivity contribution in [3.05, 3.63) is 30.5 Å². The van der Waals surface area contributed by atoms with Crippen molar-refractivity contribution in [3.63, 3.8) is 0 Å². The minimum absolute atomic E-state index is 0.555. The van der Waals surface area contributed by atoms with E-state index >= 15 is 0 Å². The van der Waals surface area contributed by atoms with Crippen molar-refractivity contribution < 1.29 is 4.74 Å². The summed E-state index contributed by atoms with van der Waals surface area (Å²) in [6.45, 7) is 2.10. The number of anilines is 1. The van der Waals surface area contributed by atoms with Gasteiger partial charge in [-0.05, 0) is 49.5 Å². The maximum absolute atomic E-state index is 5.30. The van der Waals surface area contributed by atoms with Crippen LogP contribution in [-0.2, 0) is 0 Å². The summed E-state index contributed by atoms with van der Waals surface area (Å²) in [6, 6.07) is 8.78. The van der Waals surface area contributed by atoms with Gasteiger partial charge in [-0.2, -0.15) is 0 Å². The summed E-state index contributed by atoms with van der Waals surface area (Å²) in [5.41, 5.74) is 0. The van der Waals surface area contributed by atoms with E-state index < -0.39 is 0 Å². The quantitative estimate of drug-likeness (QED) is 0.930. The van der Waals surface area contributed by atoms with Crippen LogP contribution < -0.4 is 15.0 Å². The molecule has 1 saturated heterocycles. The van der Waals surface area contributed by atoms with Crippen LogP contribution in [0.2, 0.25) is 0 Å². The van der Waals surface area contributed by atoms with Crippen LogP contribution in [0.25, 0.3) is 10.8 Å². The zero-order chi connectivity index (χ0) is 13.9. The molecule has 2 heterocycles. The lowest BCUT2D eigenvalue weighted by Gasteiger charge is -2.34. The molecule has 4 heteroatoms. The number of ether oxygens (including phenoxy) is 1. The van der Waals surface area contributed by atoms with E-state index in [1.54, 1.807) is 7.11 Å². The zero-order valence-corrected chi connectivity index (χ0v) is 12.1. The normalized spacial score (nSPS) is 19.3. The molecular weight excluding hydrogens is 250 g/mol. The first kappa shape index (κ1) is 13.2. The van der Waals surface area contributed by atoms with E-state index in [-0.39, 0.29) is 0 Å². The summed E-state index contributed by atoms with van der Waals surface area (Å²) in [6.07, 6.45) is 4.34. The fourth-order valence-electron chi connectivity index (χ4n) is 2.92. The van der Waals surface area contributed by atoms with Crippen molar-refractivity contribution in [1.82, 2.24) is 10.3 Å². The van der Waals surface area contributed by atoms with E-state index in [0.717, 1.165) is 24.7 Å². The Morgan fingerprint density at radius 1 is 1.35 bits per heavy atom. The predicted octanol–water partition coefficient (Wildman–Crippen LogP) is 2.43. The number of fused-ring (bicyclic) bond motifs is 1. The summed E-state index contributed by atoms with van der Waals surface area (Å²) in [7, 11) is 3.74. The number of hydrogen-bond acceptors (Lipinski definition) is 4. The molecule has 0 aliphatic carbocycles. The highest BCUT2D eigenvalue weighted by atomic mass is 16.5. The van der Waals surface area contributed by atoms with E-state index in [1.165, 1.54) is 23.6 Å². The second-order valence-corrected chi connectivity index (χ2v) is 5.30. The van der Waals surface area contributed by atoms with Gasteiger partial charge in [0.1, 0.15) is 11.6 Å². The molecule has 0 radical (unpaired) electrons. The number of methoxy groups -OCH3 is 1. The van der Waals surface area contributed by atoms with Gasteiger partial charge in [0.15, 0.2) is 0 Å². The van der Waals surface area contributed by atoms with Crippen molar-refractivity contribution in [3.8, 4) is 5.75 Å². The number of nitrogens with zero attached hydrogens (tertiary/aromatic N) is 2. The lowest BCUT2D eigenvalue weighted by Crippen LogP contribution is -2.44. The van der Waals surface area contributed by atoms with Gasteiger partial charge in [0, 0.05) is 30.7 Å². The Kier molecular flexibility index (Phi) is 3.74. The zero-order valence-electron chi connectivity index (χ0n) is 12.1. The van der Waals surface area contributed by atoms with E-state index in [1.807, 2.05) is 25.4 Å². The molecule has 0 spiro atoms. The smallest absolute Gasteiger partial charge is 0.136 e. The number of benzene rings is 1. The highest BCUT2D eigenvalue weighted by molar-refractivity contribution is 5.93. The van der Waals surface area contributed by atoms with Gasteiger partial charge < -0.3 is 15.0 Å². The van der Waals surface area contributed by atoms with Gasteiger partial charge in [-0.1, -0.05) is 0 Å². The van der Waals surface area contributed by atoms with E-state index in [4.69, 9.17) is 4.74 Å². The molecule has 1 fully saturated rings. The van der Waals surface area contributed by atoms with Crippen LogP contribution in [-0.4, -0.2) is 38.3 Å². The average molecular weight is 271 g/mol. The van der Waals surface area contributed by atoms with Crippen LogP contribution in [0.4, 0.5) is 5.82 Å². The predicted molar refractivity (Wildman–Crippen MR) is 82.6 cm³/mol. The molecule has 20 heavy (non-hydrogen) atoms. The molecule has 0 bridgehead atoms. The molecule has 1 aliphatic heterocycles. The highest BCUT2D eigenvalue weighted by Gasteiger charge is 2.20. The molecule has 1 unspecified atom stereocenters. The Morgan fingerprint density at radius 3 is 3.05 bits per heavy atom. The molecule has 1 N–H and O–H groups in total. The standard InChI is InChI=1S/C16H21N3O/c1-17-13-4-3-9-19(11-13)16-15-6-5-14(20-2)10-12(15)7-8-18-16/h5-8,10,13,17H,3-4,9,11H2,1-2H3. The average Bonchev–Trinajstić information content (AvgIpc) is 2.53. The molecule has 1 aromatic heterocycles. The van der Waals surface area contributed by atoms with Crippen LogP contribution in [0.15, 0.2) is 30.5 Å². The van der Waals surface area contributed by atoms with Gasteiger partial charge in [-0.25, -0.2) is 4.98 Å². The third-order valence-corrected chi connectivity index (χ3v) is 4.08. The molecule has 3 rings (SSSR count). The van der Waals surface area contributed by atoms with Crippen molar-refractivity contribution in [2.24, 2.45) is 0 Å². The van der Waals surface area contributed by atoms with Crippen molar-refractivity contribution >= 4 is 16.6 Å². The minimum atomic E-state index is 0.555. The van der Waals surface area contributed by atoms with Gasteiger partial charge in [0.25, 0.3) is 0 Å². The topological polar surface area (TPSA) is 37.4 Å². The van der Waals surface area contributed by atoms with Crippen LogP contribution >= 0.6 is 0 Å². The Hall–Kier alpha value is -1.81. The van der Waals surface area contributed by atoms with Crippen LogP contribution in [0.1, 0.15) is 12.8 Å². The van der Waals surface area contributed by atoms with E-state index in [9.17, 15) is 0 Å². The van der Waals surface area contributed by atoms with Gasteiger partial charge in [0.05, 0.1) is 7.11 Å². The Labute approximate surface area is 119 Å². The largest absolute Gasteiger partial charge is 0.497 e. The summed E-state index contributed by atoms with van der Waals surface area (Å²) in [4.78, 5) is 7.00. The first-order chi connectivity index (χ1) is 9.81. The Morgan fingerprint density at radius 2 is 2.25 bits per heavy atom. The lowest BCUT2D eigenvalue weighted by atomic mass is 10.0. The molecular formula is C16H21N3O. The summed E-state index contributed by atoms with van der Waals surface area (Å²) in [5, 5.41) is 5.76. The lowest BCUT2D eigenvalue weighted by molar-refractivity contribution is 0.415. The number of piperidine rings is 1. The number of aromatic nitrogens is 1. The third kappa shape index (κ3) is 2.43. The van der Waals surface area contributed by atoms with Crippen molar-refractivity contribution in [1.29, 1.82) is 0 Å². The maximum atomic E-state index is 5.30. The molecule has 0 saturated carbocycles. The number of nitrogens with one attached hydrogen (secondary N) is 1. The molecule has 4 nitrogen and oxygen atoms in total. The number of likely N-dealkylation sites (N-methyl/N-ethyl adjacent to an activating group) is 1. The fraction of sp³-hybridized carbons (Fsp3) is 0.438.